The molecule has 7 nitrogen and oxygen atoms in total. The molecule has 0 radical (unpaired) electrons. The molecule has 22 heavy (non-hydrogen) atoms. The van der Waals surface area contributed by atoms with Crippen molar-refractivity contribution < 1.29 is 19.1 Å². The van der Waals surface area contributed by atoms with Gasteiger partial charge in [-0.2, -0.15) is 5.10 Å². The number of benzene rings is 1. The first-order valence-electron chi connectivity index (χ1n) is 6.12. The molecule has 0 atom stereocenters. The molecule has 120 valence electrons. The van der Waals surface area contributed by atoms with Crippen molar-refractivity contribution >= 4 is 41.2 Å². The average molecular weight is 348 g/mol. The first-order chi connectivity index (χ1) is 10.5. The molecule has 0 fully saturated rings. The van der Waals surface area contributed by atoms with Crippen LogP contribution in [0.25, 0.3) is 0 Å². The molecule has 2 N–H and O–H groups in total. The lowest BCUT2D eigenvalue weighted by atomic mass is 10.2. The van der Waals surface area contributed by atoms with Gasteiger partial charge in [-0.25, -0.2) is 5.43 Å². The van der Waals surface area contributed by atoms with Crippen molar-refractivity contribution in [2.24, 2.45) is 5.10 Å². The van der Waals surface area contributed by atoms with E-state index in [9.17, 15) is 9.59 Å². The van der Waals surface area contributed by atoms with E-state index in [-0.39, 0.29) is 6.54 Å². The third-order valence-electron chi connectivity index (χ3n) is 2.40. The highest BCUT2D eigenvalue weighted by Crippen LogP contribution is 2.33. The monoisotopic (exact) mass is 347 g/mol. The zero-order chi connectivity index (χ0) is 16.5. The highest BCUT2D eigenvalue weighted by atomic mass is 35.5. The van der Waals surface area contributed by atoms with E-state index < -0.39 is 11.8 Å². The topological polar surface area (TPSA) is 89.0 Å². The Labute approximate surface area is 137 Å². The fourth-order valence-electron chi connectivity index (χ4n) is 1.41. The summed E-state index contributed by atoms with van der Waals surface area (Å²) < 4.78 is 9.75. The maximum atomic E-state index is 11.4. The van der Waals surface area contributed by atoms with Crippen LogP contribution in [0.2, 0.25) is 10.0 Å². The van der Waals surface area contributed by atoms with Crippen LogP contribution in [0, 0.1) is 0 Å². The molecule has 0 unspecified atom stereocenters. The van der Waals surface area contributed by atoms with Crippen LogP contribution in [0.1, 0.15) is 5.56 Å². The first-order valence-corrected chi connectivity index (χ1v) is 6.88. The highest BCUT2D eigenvalue weighted by Gasteiger charge is 2.11. The van der Waals surface area contributed by atoms with Gasteiger partial charge >= 0.3 is 11.8 Å². The maximum absolute atomic E-state index is 11.4. The second kappa shape index (κ2) is 9.24. The van der Waals surface area contributed by atoms with Crippen LogP contribution in [0.4, 0.5) is 0 Å². The van der Waals surface area contributed by atoms with Crippen molar-refractivity contribution in [1.82, 2.24) is 10.7 Å². The number of hydrogen-bond donors (Lipinski definition) is 2. The molecule has 1 rings (SSSR count). The summed E-state index contributed by atoms with van der Waals surface area (Å²) in [6.45, 7) is 0.543. The molecule has 9 heteroatoms. The van der Waals surface area contributed by atoms with E-state index in [0.29, 0.717) is 28.0 Å². The Morgan fingerprint density at radius 3 is 2.41 bits per heavy atom. The molecule has 1 aromatic carbocycles. The zero-order valence-electron chi connectivity index (χ0n) is 12.0. The smallest absolute Gasteiger partial charge is 0.329 e. The van der Waals surface area contributed by atoms with E-state index in [1.807, 2.05) is 0 Å². The number of nitrogens with one attached hydrogen (secondary N) is 2. The predicted octanol–water partition coefficient (Wildman–Crippen LogP) is 1.21. The lowest BCUT2D eigenvalue weighted by Gasteiger charge is -2.06. The number of carbonyl (C=O) groups is 2. The van der Waals surface area contributed by atoms with Crippen molar-refractivity contribution in [2.45, 2.75) is 0 Å². The van der Waals surface area contributed by atoms with Crippen molar-refractivity contribution in [2.75, 3.05) is 27.4 Å². The summed E-state index contributed by atoms with van der Waals surface area (Å²) in [5.41, 5.74) is 2.62. The van der Waals surface area contributed by atoms with E-state index in [1.54, 1.807) is 12.1 Å². The van der Waals surface area contributed by atoms with Crippen molar-refractivity contribution in [3.63, 3.8) is 0 Å². The normalized spacial score (nSPS) is 10.5. The van der Waals surface area contributed by atoms with Crippen LogP contribution in [0.5, 0.6) is 5.75 Å². The third-order valence-corrected chi connectivity index (χ3v) is 2.96. The second-order valence-electron chi connectivity index (χ2n) is 3.97. The summed E-state index contributed by atoms with van der Waals surface area (Å²) >= 11 is 11.9. The number of halogens is 2. The molecule has 0 bridgehead atoms. The standard InChI is InChI=1S/C13H15Cl2N3O4/c1-21-4-3-16-12(19)13(20)18-17-7-8-5-9(14)11(22-2)10(15)6-8/h5-7H,3-4H2,1-2H3,(H,16,19)(H,18,20)/b17-7-. The molecule has 0 saturated carbocycles. The molecule has 1 aromatic rings. The number of hydrazone groups is 1. The van der Waals surface area contributed by atoms with E-state index >= 15 is 0 Å². The number of amides is 2. The van der Waals surface area contributed by atoms with Crippen LogP contribution in [-0.4, -0.2) is 45.4 Å². The van der Waals surface area contributed by atoms with Crippen LogP contribution in [0.15, 0.2) is 17.2 Å². The number of nitrogens with zero attached hydrogens (tertiary/aromatic N) is 1. The lowest BCUT2D eigenvalue weighted by Crippen LogP contribution is -2.39. The van der Waals surface area contributed by atoms with Crippen LogP contribution in [0.3, 0.4) is 0 Å². The minimum absolute atomic E-state index is 0.232. The van der Waals surface area contributed by atoms with Gasteiger partial charge < -0.3 is 14.8 Å². The number of carbonyl (C=O) groups excluding carboxylic acids is 2. The molecular formula is C13H15Cl2N3O4. The Bertz CT molecular complexity index is 555. The van der Waals surface area contributed by atoms with Gasteiger partial charge in [0.05, 0.1) is 30.0 Å². The Morgan fingerprint density at radius 2 is 1.86 bits per heavy atom. The Hall–Kier alpha value is -1.83. The van der Waals surface area contributed by atoms with Gasteiger partial charge in [0, 0.05) is 13.7 Å². The zero-order valence-corrected chi connectivity index (χ0v) is 13.5. The lowest BCUT2D eigenvalue weighted by molar-refractivity contribution is -0.139. The van der Waals surface area contributed by atoms with Gasteiger partial charge in [0.2, 0.25) is 0 Å². The molecular weight excluding hydrogens is 333 g/mol. The molecule has 0 aliphatic carbocycles. The SMILES string of the molecule is COCCNC(=O)C(=O)N/N=C\c1cc(Cl)c(OC)c(Cl)c1. The van der Waals surface area contributed by atoms with Crippen LogP contribution >= 0.6 is 23.2 Å². The van der Waals surface area contributed by atoms with E-state index in [4.69, 9.17) is 32.7 Å². The molecule has 0 aromatic heterocycles. The molecule has 0 aliphatic rings. The summed E-state index contributed by atoms with van der Waals surface area (Å²) in [6.07, 6.45) is 1.30. The number of hydrogen-bond acceptors (Lipinski definition) is 5. The molecule has 0 heterocycles. The van der Waals surface area contributed by atoms with Crippen molar-refractivity contribution in [3.8, 4) is 5.75 Å². The molecule has 2 amide bonds. The third kappa shape index (κ3) is 5.51. The summed E-state index contributed by atoms with van der Waals surface area (Å²) in [5, 5.41) is 6.62. The molecule has 0 saturated heterocycles. The van der Waals surface area contributed by atoms with E-state index in [2.05, 4.69) is 15.8 Å². The van der Waals surface area contributed by atoms with Gasteiger partial charge in [-0.05, 0) is 17.7 Å². The highest BCUT2D eigenvalue weighted by molar-refractivity contribution is 6.37. The van der Waals surface area contributed by atoms with Crippen LogP contribution < -0.4 is 15.5 Å². The summed E-state index contributed by atoms with van der Waals surface area (Å²) in [5.74, 6) is -1.35. The fraction of sp³-hybridized carbons (Fsp3) is 0.308. The summed E-state index contributed by atoms with van der Waals surface area (Å²) in [7, 11) is 2.94. The molecule has 0 aliphatic heterocycles. The van der Waals surface area contributed by atoms with E-state index in [0.717, 1.165) is 0 Å². The van der Waals surface area contributed by atoms with Crippen molar-refractivity contribution in [3.05, 3.63) is 27.7 Å². The number of methoxy groups -OCH3 is 2. The predicted molar refractivity (Wildman–Crippen MR) is 83.6 cm³/mol. The van der Waals surface area contributed by atoms with Gasteiger partial charge in [0.1, 0.15) is 0 Å². The summed E-state index contributed by atoms with van der Waals surface area (Å²) in [4.78, 5) is 22.8. The summed E-state index contributed by atoms with van der Waals surface area (Å²) in [6, 6.07) is 3.11. The van der Waals surface area contributed by atoms with Gasteiger partial charge in [0.25, 0.3) is 0 Å². The largest absolute Gasteiger partial charge is 0.494 e. The Kier molecular flexibility index (Phi) is 7.65. The number of rotatable bonds is 6. The first kappa shape index (κ1) is 18.2. The van der Waals surface area contributed by atoms with Crippen molar-refractivity contribution in [1.29, 1.82) is 0 Å². The van der Waals surface area contributed by atoms with Gasteiger partial charge in [-0.1, -0.05) is 23.2 Å². The van der Waals surface area contributed by atoms with Crippen LogP contribution in [-0.2, 0) is 14.3 Å². The van der Waals surface area contributed by atoms with Gasteiger partial charge in [0.15, 0.2) is 5.75 Å². The Balaban J connectivity index is 2.59. The van der Waals surface area contributed by atoms with E-state index in [1.165, 1.54) is 20.4 Å². The maximum Gasteiger partial charge on any atom is 0.329 e. The minimum atomic E-state index is -0.891. The minimum Gasteiger partial charge on any atom is -0.494 e. The van der Waals surface area contributed by atoms with Gasteiger partial charge in [-0.15, -0.1) is 0 Å². The second-order valence-corrected chi connectivity index (χ2v) is 4.78. The average Bonchev–Trinajstić information content (AvgIpc) is 2.47. The quantitative estimate of drug-likeness (QED) is 0.350. The molecule has 0 spiro atoms. The number of ether oxygens (including phenoxy) is 2. The van der Waals surface area contributed by atoms with Gasteiger partial charge in [-0.3, -0.25) is 9.59 Å². The Morgan fingerprint density at radius 1 is 1.23 bits per heavy atom. The fourth-order valence-corrected chi connectivity index (χ4v) is 2.07.